The zero-order chi connectivity index (χ0) is 19.0. The fourth-order valence-electron chi connectivity index (χ4n) is 3.42. The number of Topliss-reactive ketones (excluding diaryl/α,β-unsaturated/α-hetero) is 1. The number of benzene rings is 1. The Morgan fingerprint density at radius 2 is 1.96 bits per heavy atom. The summed E-state index contributed by atoms with van der Waals surface area (Å²) in [4.78, 5) is 26.2. The second-order valence-corrected chi connectivity index (χ2v) is 8.45. The van der Waals surface area contributed by atoms with Gasteiger partial charge in [0.05, 0.1) is 5.75 Å². The van der Waals surface area contributed by atoms with Crippen LogP contribution in [0.1, 0.15) is 67.7 Å². The lowest BCUT2D eigenvalue weighted by molar-refractivity contribution is -0.117. The first-order chi connectivity index (χ1) is 13.0. The summed E-state index contributed by atoms with van der Waals surface area (Å²) in [6.07, 6.45) is 3.83. The molecule has 0 N–H and O–H groups in total. The molecule has 2 fully saturated rings. The fourth-order valence-corrected chi connectivity index (χ4v) is 4.33. The molecule has 0 atom stereocenters. The molecule has 2 aromatic rings. The molecule has 0 spiro atoms. The number of hydrogen-bond donors (Lipinski definition) is 0. The van der Waals surface area contributed by atoms with E-state index < -0.39 is 0 Å². The van der Waals surface area contributed by atoms with E-state index in [9.17, 15) is 9.59 Å². The molecular weight excluding hydrogens is 360 g/mol. The van der Waals surface area contributed by atoms with Crippen molar-refractivity contribution < 1.29 is 9.59 Å². The highest BCUT2D eigenvalue weighted by molar-refractivity contribution is 7.99. The van der Waals surface area contributed by atoms with Crippen molar-refractivity contribution in [2.75, 3.05) is 17.2 Å². The van der Waals surface area contributed by atoms with Crippen LogP contribution in [-0.4, -0.2) is 38.8 Å². The molecular formula is C20H24N4O2S. The maximum absolute atomic E-state index is 12.6. The average molecular weight is 385 g/mol. The molecule has 0 bridgehead atoms. The van der Waals surface area contributed by atoms with Crippen LogP contribution in [0.25, 0.3) is 0 Å². The number of ketones is 1. The third-order valence-corrected chi connectivity index (χ3v) is 5.97. The van der Waals surface area contributed by atoms with Gasteiger partial charge in [0.25, 0.3) is 0 Å². The Hall–Kier alpha value is -2.15. The molecule has 0 unspecified atom stereocenters. The van der Waals surface area contributed by atoms with Crippen LogP contribution in [0.2, 0.25) is 0 Å². The van der Waals surface area contributed by atoms with Gasteiger partial charge in [0.2, 0.25) is 5.91 Å². The summed E-state index contributed by atoms with van der Waals surface area (Å²) in [6.45, 7) is 5.00. The lowest BCUT2D eigenvalue weighted by Crippen LogP contribution is -2.23. The zero-order valence-corrected chi connectivity index (χ0v) is 16.5. The van der Waals surface area contributed by atoms with E-state index in [0.717, 1.165) is 42.5 Å². The highest BCUT2D eigenvalue weighted by Crippen LogP contribution is 2.40. The van der Waals surface area contributed by atoms with Crippen LogP contribution >= 0.6 is 11.8 Å². The molecule has 7 heteroatoms. The van der Waals surface area contributed by atoms with Crippen molar-refractivity contribution in [1.29, 1.82) is 0 Å². The first-order valence-electron chi connectivity index (χ1n) is 9.56. The van der Waals surface area contributed by atoms with Crippen LogP contribution in [0.5, 0.6) is 0 Å². The van der Waals surface area contributed by atoms with Gasteiger partial charge in [-0.1, -0.05) is 25.6 Å². The third kappa shape index (κ3) is 3.78. The number of anilines is 1. The van der Waals surface area contributed by atoms with Crippen LogP contribution < -0.4 is 4.90 Å². The van der Waals surface area contributed by atoms with Crippen molar-refractivity contribution in [2.24, 2.45) is 0 Å². The number of nitrogens with zero attached hydrogens (tertiary/aromatic N) is 4. The molecule has 1 amide bonds. The Morgan fingerprint density at radius 1 is 1.22 bits per heavy atom. The number of carbonyl (C=O) groups excluding carboxylic acids is 2. The number of amides is 1. The Balaban J connectivity index is 1.42. The number of carbonyl (C=O) groups is 2. The summed E-state index contributed by atoms with van der Waals surface area (Å²) in [5, 5.41) is 9.49. The third-order valence-electron chi connectivity index (χ3n) is 5.03. The van der Waals surface area contributed by atoms with Gasteiger partial charge in [0, 0.05) is 36.2 Å². The summed E-state index contributed by atoms with van der Waals surface area (Å²) in [5.74, 6) is 1.89. The van der Waals surface area contributed by atoms with Crippen molar-refractivity contribution in [3.05, 3.63) is 35.7 Å². The fraction of sp³-hybridized carbons (Fsp3) is 0.500. The molecule has 1 aromatic carbocycles. The van der Waals surface area contributed by atoms with E-state index in [0.29, 0.717) is 29.7 Å². The Bertz CT molecular complexity index is 855. The molecule has 4 rings (SSSR count). The lowest BCUT2D eigenvalue weighted by Gasteiger charge is -2.15. The van der Waals surface area contributed by atoms with E-state index in [1.807, 2.05) is 24.3 Å². The van der Waals surface area contributed by atoms with Crippen LogP contribution in [0.4, 0.5) is 5.69 Å². The summed E-state index contributed by atoms with van der Waals surface area (Å²) in [6, 6.07) is 7.85. The van der Waals surface area contributed by atoms with Gasteiger partial charge in [-0.15, -0.1) is 10.2 Å². The lowest BCUT2D eigenvalue weighted by atomic mass is 10.1. The monoisotopic (exact) mass is 384 g/mol. The van der Waals surface area contributed by atoms with Gasteiger partial charge in [-0.25, -0.2) is 0 Å². The van der Waals surface area contributed by atoms with E-state index >= 15 is 0 Å². The van der Waals surface area contributed by atoms with Crippen LogP contribution in [0.15, 0.2) is 29.4 Å². The minimum atomic E-state index is 0.0655. The quantitative estimate of drug-likeness (QED) is 0.536. The molecule has 1 aliphatic carbocycles. The largest absolute Gasteiger partial charge is 0.312 e. The van der Waals surface area contributed by atoms with Gasteiger partial charge in [-0.05, 0) is 43.5 Å². The highest BCUT2D eigenvalue weighted by Gasteiger charge is 2.30. The van der Waals surface area contributed by atoms with Crippen molar-refractivity contribution in [1.82, 2.24) is 14.8 Å². The molecule has 1 saturated heterocycles. The normalized spacial score (nSPS) is 17.1. The van der Waals surface area contributed by atoms with Gasteiger partial charge in [-0.2, -0.15) is 0 Å². The van der Waals surface area contributed by atoms with Crippen molar-refractivity contribution in [2.45, 2.75) is 56.6 Å². The molecule has 2 aliphatic rings. The predicted molar refractivity (Wildman–Crippen MR) is 105 cm³/mol. The molecule has 1 aliphatic heterocycles. The Morgan fingerprint density at radius 3 is 2.56 bits per heavy atom. The van der Waals surface area contributed by atoms with Crippen LogP contribution in [0.3, 0.4) is 0 Å². The Labute approximate surface area is 163 Å². The van der Waals surface area contributed by atoms with Gasteiger partial charge in [0.1, 0.15) is 5.82 Å². The van der Waals surface area contributed by atoms with E-state index in [1.165, 1.54) is 11.8 Å². The summed E-state index contributed by atoms with van der Waals surface area (Å²) in [5.41, 5.74) is 1.54. The van der Waals surface area contributed by atoms with Gasteiger partial charge >= 0.3 is 0 Å². The van der Waals surface area contributed by atoms with E-state index in [2.05, 4.69) is 28.6 Å². The van der Waals surface area contributed by atoms with E-state index in [1.54, 1.807) is 4.90 Å². The number of aromatic nitrogens is 3. The SMILES string of the molecule is CC(C)c1nnc(SCC(=O)c2ccc(N3CCCC3=O)cc2)n1C1CC1. The molecule has 142 valence electrons. The molecule has 0 radical (unpaired) electrons. The number of hydrogen-bond acceptors (Lipinski definition) is 5. The molecule has 2 heterocycles. The maximum Gasteiger partial charge on any atom is 0.227 e. The second-order valence-electron chi connectivity index (χ2n) is 7.50. The summed E-state index contributed by atoms with van der Waals surface area (Å²) in [7, 11) is 0. The second kappa shape index (κ2) is 7.46. The smallest absolute Gasteiger partial charge is 0.227 e. The predicted octanol–water partition coefficient (Wildman–Crippen LogP) is 3.84. The minimum absolute atomic E-state index is 0.0655. The summed E-state index contributed by atoms with van der Waals surface area (Å²) < 4.78 is 2.21. The molecule has 27 heavy (non-hydrogen) atoms. The molecule has 6 nitrogen and oxygen atoms in total. The van der Waals surface area contributed by atoms with Crippen molar-refractivity contribution in [3.63, 3.8) is 0 Å². The maximum atomic E-state index is 12.6. The Kier molecular flexibility index (Phi) is 5.04. The topological polar surface area (TPSA) is 68.1 Å². The standard InChI is InChI=1S/C20H24N4O2S/c1-13(2)19-21-22-20(24(19)16-9-10-16)27-12-17(25)14-5-7-15(8-6-14)23-11-3-4-18(23)26/h5-8,13,16H,3-4,9-12H2,1-2H3. The van der Waals surface area contributed by atoms with Gasteiger partial charge < -0.3 is 9.47 Å². The van der Waals surface area contributed by atoms with Crippen molar-refractivity contribution >= 4 is 29.1 Å². The minimum Gasteiger partial charge on any atom is -0.312 e. The molecule has 1 aromatic heterocycles. The zero-order valence-electron chi connectivity index (χ0n) is 15.7. The average Bonchev–Trinajstić information content (AvgIpc) is 3.26. The highest BCUT2D eigenvalue weighted by atomic mass is 32.2. The number of thioether (sulfide) groups is 1. The first-order valence-corrected chi connectivity index (χ1v) is 10.5. The molecule has 1 saturated carbocycles. The van der Waals surface area contributed by atoms with Gasteiger partial charge in [0.15, 0.2) is 10.9 Å². The van der Waals surface area contributed by atoms with E-state index in [4.69, 9.17) is 0 Å². The van der Waals surface area contributed by atoms with E-state index in [-0.39, 0.29) is 11.7 Å². The summed E-state index contributed by atoms with van der Waals surface area (Å²) >= 11 is 1.46. The first kappa shape index (κ1) is 18.2. The van der Waals surface area contributed by atoms with Gasteiger partial charge in [-0.3, -0.25) is 9.59 Å². The van der Waals surface area contributed by atoms with Crippen LogP contribution in [0, 0.1) is 0 Å². The van der Waals surface area contributed by atoms with Crippen LogP contribution in [-0.2, 0) is 4.79 Å². The number of rotatable bonds is 7. The van der Waals surface area contributed by atoms with Crippen molar-refractivity contribution in [3.8, 4) is 0 Å².